The average molecular weight is 405 g/mol. The Morgan fingerprint density at radius 3 is 1.36 bits per heavy atom. The van der Waals surface area contributed by atoms with Crippen molar-refractivity contribution in [1.82, 2.24) is 0 Å². The first-order valence-electron chi connectivity index (χ1n) is 9.54. The number of carbonyl (C=O) groups is 4. The van der Waals surface area contributed by atoms with E-state index < -0.39 is 17.4 Å². The van der Waals surface area contributed by atoms with Crippen LogP contribution in [0.25, 0.3) is 0 Å². The number of carboxylic acid groups (broad SMARTS) is 2. The normalized spacial score (nSPS) is 10.9. The molecule has 0 radical (unpaired) electrons. The third-order valence-electron chi connectivity index (χ3n) is 3.34. The van der Waals surface area contributed by atoms with E-state index in [1.807, 2.05) is 27.7 Å². The smallest absolute Gasteiger partial charge is 0.309 e. The number of ether oxygens (including phenoxy) is 2. The first-order valence-corrected chi connectivity index (χ1v) is 9.54. The minimum atomic E-state index is -1.16. The number of carbonyl (C=O) groups excluding carboxylic acids is 2. The summed E-state index contributed by atoms with van der Waals surface area (Å²) in [6.07, 6.45) is 1.76. The van der Waals surface area contributed by atoms with E-state index in [1.54, 1.807) is 0 Å². The molecule has 0 aromatic rings. The second-order valence-corrected chi connectivity index (χ2v) is 8.12. The predicted octanol–water partition coefficient (Wildman–Crippen LogP) is 3.52. The lowest BCUT2D eigenvalue weighted by Crippen LogP contribution is -2.26. The lowest BCUT2D eigenvalue weighted by atomic mass is 9.90. The van der Waals surface area contributed by atoms with E-state index >= 15 is 0 Å². The lowest BCUT2D eigenvalue weighted by molar-refractivity contribution is -0.153. The van der Waals surface area contributed by atoms with Gasteiger partial charge in [-0.05, 0) is 38.5 Å². The molecule has 164 valence electrons. The van der Waals surface area contributed by atoms with Crippen LogP contribution in [-0.2, 0) is 28.7 Å². The van der Waals surface area contributed by atoms with Crippen molar-refractivity contribution in [1.29, 1.82) is 0 Å². The fraction of sp³-hybridized carbons (Fsp3) is 0.800. The van der Waals surface area contributed by atoms with Crippen LogP contribution in [0.2, 0.25) is 0 Å². The standard InChI is InChI=1S/C14H26O4.C6H10O4/c1-11(2)9-17-13(15)7-5-6-8-14(16)18-10-12(3)4;1-6(2,5(9)10)3-4(7)8/h11-12H,5-10H2,1-4H3;3H2,1-2H3,(H,7,8)(H,9,10). The average Bonchev–Trinajstić information content (AvgIpc) is 2.54. The van der Waals surface area contributed by atoms with Gasteiger partial charge in [0.25, 0.3) is 0 Å². The van der Waals surface area contributed by atoms with Crippen LogP contribution in [0.5, 0.6) is 0 Å². The zero-order valence-electron chi connectivity index (χ0n) is 17.9. The third-order valence-corrected chi connectivity index (χ3v) is 3.34. The van der Waals surface area contributed by atoms with E-state index in [0.29, 0.717) is 50.7 Å². The van der Waals surface area contributed by atoms with Gasteiger partial charge in [0.2, 0.25) is 0 Å². The first-order chi connectivity index (χ1) is 12.8. The second kappa shape index (κ2) is 14.9. The molecular weight excluding hydrogens is 368 g/mol. The Morgan fingerprint density at radius 2 is 1.14 bits per heavy atom. The van der Waals surface area contributed by atoms with Crippen LogP contribution < -0.4 is 0 Å². The molecule has 0 atom stereocenters. The van der Waals surface area contributed by atoms with Gasteiger partial charge in [-0.25, -0.2) is 0 Å². The predicted molar refractivity (Wildman–Crippen MR) is 104 cm³/mol. The van der Waals surface area contributed by atoms with Gasteiger partial charge in [-0.3, -0.25) is 19.2 Å². The summed E-state index contributed by atoms with van der Waals surface area (Å²) in [4.78, 5) is 42.9. The molecule has 0 amide bonds. The summed E-state index contributed by atoms with van der Waals surface area (Å²) in [6.45, 7) is 11.7. The highest BCUT2D eigenvalue weighted by Gasteiger charge is 2.29. The van der Waals surface area contributed by atoms with E-state index in [9.17, 15) is 19.2 Å². The molecule has 8 nitrogen and oxygen atoms in total. The zero-order chi connectivity index (χ0) is 22.3. The van der Waals surface area contributed by atoms with Gasteiger partial charge in [-0.2, -0.15) is 0 Å². The second-order valence-electron chi connectivity index (χ2n) is 8.12. The molecule has 0 aliphatic rings. The van der Waals surface area contributed by atoms with Gasteiger partial charge in [0.05, 0.1) is 25.0 Å². The van der Waals surface area contributed by atoms with Crippen LogP contribution in [0.15, 0.2) is 0 Å². The Labute approximate surface area is 167 Å². The van der Waals surface area contributed by atoms with Crippen molar-refractivity contribution in [3.63, 3.8) is 0 Å². The van der Waals surface area contributed by atoms with Gasteiger partial charge in [0.15, 0.2) is 0 Å². The molecule has 8 heteroatoms. The number of carboxylic acids is 2. The van der Waals surface area contributed by atoms with Crippen molar-refractivity contribution < 1.29 is 38.9 Å². The van der Waals surface area contributed by atoms with Gasteiger partial charge < -0.3 is 19.7 Å². The topological polar surface area (TPSA) is 127 Å². The number of unbranched alkanes of at least 4 members (excludes halogenated alkanes) is 1. The Morgan fingerprint density at radius 1 is 0.786 bits per heavy atom. The van der Waals surface area contributed by atoms with Crippen LogP contribution in [0.3, 0.4) is 0 Å². The number of esters is 2. The number of hydrogen-bond donors (Lipinski definition) is 2. The van der Waals surface area contributed by atoms with Gasteiger partial charge >= 0.3 is 23.9 Å². The summed E-state index contributed by atoms with van der Waals surface area (Å²) in [7, 11) is 0. The van der Waals surface area contributed by atoms with E-state index in [2.05, 4.69) is 0 Å². The molecular formula is C20H36O8. The summed E-state index contributed by atoms with van der Waals surface area (Å²) in [5.41, 5.74) is -1.16. The molecule has 0 bridgehead atoms. The van der Waals surface area contributed by atoms with Crippen LogP contribution in [0.4, 0.5) is 0 Å². The molecule has 0 heterocycles. The van der Waals surface area contributed by atoms with E-state index in [-0.39, 0.29) is 18.4 Å². The van der Waals surface area contributed by atoms with Gasteiger partial charge in [-0.15, -0.1) is 0 Å². The monoisotopic (exact) mass is 404 g/mol. The van der Waals surface area contributed by atoms with Crippen LogP contribution >= 0.6 is 0 Å². The Hall–Kier alpha value is -2.12. The van der Waals surface area contributed by atoms with Crippen molar-refractivity contribution in [2.75, 3.05) is 13.2 Å². The molecule has 0 rings (SSSR count). The molecule has 28 heavy (non-hydrogen) atoms. The molecule has 0 aromatic carbocycles. The number of rotatable bonds is 12. The summed E-state index contributed by atoms with van der Waals surface area (Å²) in [5, 5.41) is 16.7. The molecule has 2 N–H and O–H groups in total. The molecule has 0 saturated heterocycles. The van der Waals surface area contributed by atoms with E-state index in [0.717, 1.165) is 0 Å². The molecule has 0 fully saturated rings. The van der Waals surface area contributed by atoms with Crippen LogP contribution in [0, 0.1) is 17.3 Å². The molecule has 0 unspecified atom stereocenters. The summed E-state index contributed by atoms with van der Waals surface area (Å²) in [6, 6.07) is 0. The van der Waals surface area contributed by atoms with Crippen molar-refractivity contribution >= 4 is 23.9 Å². The van der Waals surface area contributed by atoms with Crippen molar-refractivity contribution in [2.24, 2.45) is 17.3 Å². The van der Waals surface area contributed by atoms with Crippen LogP contribution in [-0.4, -0.2) is 47.3 Å². The van der Waals surface area contributed by atoms with Crippen molar-refractivity contribution in [3.8, 4) is 0 Å². The Kier molecular flexibility index (Phi) is 14.9. The first kappa shape index (κ1) is 28.1. The molecule has 0 aliphatic carbocycles. The zero-order valence-corrected chi connectivity index (χ0v) is 17.9. The maximum Gasteiger partial charge on any atom is 0.309 e. The highest BCUT2D eigenvalue weighted by Crippen LogP contribution is 2.19. The van der Waals surface area contributed by atoms with Gasteiger partial charge in [0, 0.05) is 12.8 Å². The van der Waals surface area contributed by atoms with Crippen molar-refractivity contribution in [2.45, 2.75) is 73.6 Å². The summed E-state index contributed by atoms with van der Waals surface area (Å²) >= 11 is 0. The number of aliphatic carboxylic acids is 2. The molecule has 0 spiro atoms. The maximum absolute atomic E-state index is 11.3. The quantitative estimate of drug-likeness (QED) is 0.373. The van der Waals surface area contributed by atoms with Gasteiger partial charge in [-0.1, -0.05) is 27.7 Å². The Balaban J connectivity index is 0. The van der Waals surface area contributed by atoms with Crippen molar-refractivity contribution in [3.05, 3.63) is 0 Å². The Bertz CT molecular complexity index is 468. The molecule has 0 aliphatic heterocycles. The van der Waals surface area contributed by atoms with Gasteiger partial charge in [0.1, 0.15) is 0 Å². The summed E-state index contributed by atoms with van der Waals surface area (Å²) in [5.74, 6) is -1.82. The summed E-state index contributed by atoms with van der Waals surface area (Å²) < 4.78 is 10.1. The fourth-order valence-corrected chi connectivity index (χ4v) is 1.66. The highest BCUT2D eigenvalue weighted by atomic mass is 16.5. The highest BCUT2D eigenvalue weighted by molar-refractivity contribution is 5.80. The third kappa shape index (κ3) is 18.7. The van der Waals surface area contributed by atoms with E-state index in [4.69, 9.17) is 19.7 Å². The lowest BCUT2D eigenvalue weighted by Gasteiger charge is -2.14. The van der Waals surface area contributed by atoms with E-state index in [1.165, 1.54) is 13.8 Å². The molecule has 0 aromatic heterocycles. The number of hydrogen-bond acceptors (Lipinski definition) is 6. The molecule has 0 saturated carbocycles. The SMILES string of the molecule is CC(C)(CC(=O)O)C(=O)O.CC(C)COC(=O)CCCCC(=O)OCC(C)C. The minimum absolute atomic E-state index is 0.181. The van der Waals surface area contributed by atoms with Crippen LogP contribution in [0.1, 0.15) is 73.6 Å². The maximum atomic E-state index is 11.3. The largest absolute Gasteiger partial charge is 0.481 e. The minimum Gasteiger partial charge on any atom is -0.481 e. The fourth-order valence-electron chi connectivity index (χ4n) is 1.66.